The van der Waals surface area contributed by atoms with Gasteiger partial charge in [0.25, 0.3) is 5.88 Å². The number of amides is 1. The van der Waals surface area contributed by atoms with Crippen molar-refractivity contribution in [2.75, 3.05) is 31.1 Å². The number of nitrogens with one attached hydrogen (secondary N) is 1. The van der Waals surface area contributed by atoms with Gasteiger partial charge in [-0.15, -0.1) is 10.2 Å². The maximum atomic E-state index is 14.5. The number of ether oxygens (including phenoxy) is 1. The van der Waals surface area contributed by atoms with Gasteiger partial charge in [0.15, 0.2) is 5.82 Å². The average Bonchev–Trinajstić information content (AvgIpc) is 3.70. The number of halogens is 1. The standard InChI is InChI=1S/C32H39FN8O2/c1-19(2)29(22-12-24(13-22)37-20(3)42)41-16-32(17-41)9-11-40(15-32)30-31(39-36-18-34-30)43-27-7-6-23(33)14-26(27)25-8-10-35-38-28(25)21-4-5-21/h6-8,10,14,18-19,21-22,24,29H,4-5,9,11-13,15-17H2,1-3H3,(H,37,42). The van der Waals surface area contributed by atoms with E-state index < -0.39 is 0 Å². The van der Waals surface area contributed by atoms with Gasteiger partial charge in [0.2, 0.25) is 5.91 Å². The summed E-state index contributed by atoms with van der Waals surface area (Å²) in [4.78, 5) is 21.0. The second-order valence-electron chi connectivity index (χ2n) is 13.4. The summed E-state index contributed by atoms with van der Waals surface area (Å²) in [5, 5.41) is 19.9. The van der Waals surface area contributed by atoms with E-state index in [1.807, 2.05) is 6.07 Å². The number of benzene rings is 1. The molecule has 3 aromatic rings. The Kier molecular flexibility index (Phi) is 7.23. The Morgan fingerprint density at radius 3 is 2.65 bits per heavy atom. The van der Waals surface area contributed by atoms with E-state index in [-0.39, 0.29) is 17.1 Å². The number of hydrogen-bond donors (Lipinski definition) is 1. The molecule has 1 N–H and O–H groups in total. The van der Waals surface area contributed by atoms with Crippen LogP contribution in [0.15, 0.2) is 36.8 Å². The van der Waals surface area contributed by atoms with Crippen molar-refractivity contribution < 1.29 is 13.9 Å². The molecule has 4 aliphatic rings. The van der Waals surface area contributed by atoms with Crippen LogP contribution in [0.25, 0.3) is 11.1 Å². The first-order valence-corrected chi connectivity index (χ1v) is 15.5. The molecule has 4 fully saturated rings. The fourth-order valence-corrected chi connectivity index (χ4v) is 7.69. The van der Waals surface area contributed by atoms with Crippen LogP contribution in [-0.4, -0.2) is 74.4 Å². The number of rotatable bonds is 9. The van der Waals surface area contributed by atoms with Crippen LogP contribution < -0.4 is 15.0 Å². The largest absolute Gasteiger partial charge is 0.434 e. The molecule has 0 bridgehead atoms. The zero-order valence-corrected chi connectivity index (χ0v) is 25.0. The molecule has 1 atom stereocenters. The summed E-state index contributed by atoms with van der Waals surface area (Å²) in [5.74, 6) is 2.71. The van der Waals surface area contributed by atoms with E-state index in [4.69, 9.17) is 4.74 Å². The van der Waals surface area contributed by atoms with Crippen LogP contribution in [-0.2, 0) is 4.79 Å². The van der Waals surface area contributed by atoms with Crippen molar-refractivity contribution in [2.45, 2.75) is 70.9 Å². The molecular weight excluding hydrogens is 547 g/mol. The zero-order valence-electron chi connectivity index (χ0n) is 25.0. The fourth-order valence-electron chi connectivity index (χ4n) is 7.69. The Morgan fingerprint density at radius 1 is 1.09 bits per heavy atom. The quantitative estimate of drug-likeness (QED) is 0.385. The van der Waals surface area contributed by atoms with Crippen molar-refractivity contribution in [3.63, 3.8) is 0 Å². The van der Waals surface area contributed by atoms with Crippen molar-refractivity contribution >= 4 is 11.7 Å². The van der Waals surface area contributed by atoms with E-state index in [0.717, 1.165) is 69.5 Å². The minimum absolute atomic E-state index is 0.0640. The molecule has 43 heavy (non-hydrogen) atoms. The van der Waals surface area contributed by atoms with E-state index in [9.17, 15) is 9.18 Å². The third-order valence-electron chi connectivity index (χ3n) is 9.71. The summed E-state index contributed by atoms with van der Waals surface area (Å²) >= 11 is 0. The molecule has 1 unspecified atom stereocenters. The second kappa shape index (κ2) is 11.1. The van der Waals surface area contributed by atoms with Gasteiger partial charge in [-0.05, 0) is 68.2 Å². The monoisotopic (exact) mass is 586 g/mol. The Morgan fingerprint density at radius 2 is 1.91 bits per heavy atom. The summed E-state index contributed by atoms with van der Waals surface area (Å²) < 4.78 is 20.9. The van der Waals surface area contributed by atoms with Gasteiger partial charge in [-0.2, -0.15) is 10.2 Å². The van der Waals surface area contributed by atoms with Crippen LogP contribution in [0, 0.1) is 23.1 Å². The average molecular weight is 587 g/mol. The van der Waals surface area contributed by atoms with Gasteiger partial charge in [0, 0.05) is 67.6 Å². The lowest BCUT2D eigenvalue weighted by molar-refractivity contribution is -0.121. The molecule has 4 heterocycles. The molecule has 1 aromatic carbocycles. The third-order valence-corrected chi connectivity index (χ3v) is 9.71. The van der Waals surface area contributed by atoms with E-state index >= 15 is 0 Å². The Bertz CT molecular complexity index is 1500. The van der Waals surface area contributed by atoms with Crippen molar-refractivity contribution in [3.05, 3.63) is 48.3 Å². The molecule has 11 heteroatoms. The lowest BCUT2D eigenvalue weighted by Crippen LogP contribution is -2.65. The van der Waals surface area contributed by atoms with Gasteiger partial charge in [0.1, 0.15) is 17.9 Å². The minimum Gasteiger partial charge on any atom is -0.434 e. The molecular formula is C32H39FN8O2. The fraction of sp³-hybridized carbons (Fsp3) is 0.562. The summed E-state index contributed by atoms with van der Waals surface area (Å²) in [6, 6.07) is 7.25. The molecule has 2 aromatic heterocycles. The lowest BCUT2D eigenvalue weighted by Gasteiger charge is -2.57. The Balaban J connectivity index is 1.06. The zero-order chi connectivity index (χ0) is 29.7. The van der Waals surface area contributed by atoms with Gasteiger partial charge in [0.05, 0.1) is 11.9 Å². The highest BCUT2D eigenvalue weighted by Gasteiger charge is 2.53. The number of carbonyl (C=O) groups excluding carboxylic acids is 1. The van der Waals surface area contributed by atoms with Crippen LogP contribution in [0.4, 0.5) is 10.2 Å². The topological polar surface area (TPSA) is 109 Å². The number of likely N-dealkylation sites (tertiary alicyclic amines) is 1. The third kappa shape index (κ3) is 5.55. The van der Waals surface area contributed by atoms with Crippen LogP contribution in [0.3, 0.4) is 0 Å². The molecule has 226 valence electrons. The number of nitrogens with zero attached hydrogens (tertiary/aromatic N) is 7. The summed E-state index contributed by atoms with van der Waals surface area (Å²) in [6.45, 7) is 10.1. The first-order valence-electron chi connectivity index (χ1n) is 15.5. The van der Waals surface area contributed by atoms with Gasteiger partial charge < -0.3 is 15.0 Å². The maximum Gasteiger partial charge on any atom is 0.282 e. The van der Waals surface area contributed by atoms with Crippen LogP contribution in [0.5, 0.6) is 11.6 Å². The first kappa shape index (κ1) is 28.1. The van der Waals surface area contributed by atoms with Crippen molar-refractivity contribution in [3.8, 4) is 22.8 Å². The molecule has 2 aliphatic carbocycles. The van der Waals surface area contributed by atoms with Gasteiger partial charge in [-0.25, -0.2) is 9.37 Å². The highest BCUT2D eigenvalue weighted by molar-refractivity contribution is 5.74. The highest BCUT2D eigenvalue weighted by Crippen LogP contribution is 2.48. The smallest absolute Gasteiger partial charge is 0.282 e. The van der Waals surface area contributed by atoms with Crippen LogP contribution in [0.2, 0.25) is 0 Å². The molecule has 2 saturated heterocycles. The summed E-state index contributed by atoms with van der Waals surface area (Å²) in [5.41, 5.74) is 2.53. The van der Waals surface area contributed by atoms with Gasteiger partial charge >= 0.3 is 0 Å². The molecule has 7 rings (SSSR count). The molecule has 0 radical (unpaired) electrons. The number of hydrogen-bond acceptors (Lipinski definition) is 9. The van der Waals surface area contributed by atoms with Gasteiger partial charge in [-0.1, -0.05) is 13.8 Å². The summed E-state index contributed by atoms with van der Waals surface area (Å²) in [6.07, 6.45) is 8.40. The predicted molar refractivity (Wildman–Crippen MR) is 159 cm³/mol. The van der Waals surface area contributed by atoms with E-state index in [1.54, 1.807) is 19.2 Å². The lowest BCUT2D eigenvalue weighted by atomic mass is 9.68. The van der Waals surface area contributed by atoms with E-state index in [1.165, 1.54) is 18.5 Å². The minimum atomic E-state index is -0.346. The van der Waals surface area contributed by atoms with Gasteiger partial charge in [-0.3, -0.25) is 9.69 Å². The van der Waals surface area contributed by atoms with Crippen LogP contribution in [0.1, 0.15) is 64.5 Å². The Hall–Kier alpha value is -3.73. The van der Waals surface area contributed by atoms with Crippen molar-refractivity contribution in [1.29, 1.82) is 0 Å². The molecule has 1 amide bonds. The molecule has 1 spiro atoms. The maximum absolute atomic E-state index is 14.5. The predicted octanol–water partition coefficient (Wildman–Crippen LogP) is 4.59. The normalized spacial score (nSPS) is 23.6. The number of aromatic nitrogens is 5. The number of anilines is 1. The van der Waals surface area contributed by atoms with Crippen molar-refractivity contribution in [1.82, 2.24) is 35.6 Å². The first-order chi connectivity index (χ1) is 20.8. The SMILES string of the molecule is CC(=O)NC1CC(C(C(C)C)N2CC3(CCN(c4ncnnc4Oc4ccc(F)cc4-c4ccnnc4C4CC4)C3)C2)C1. The van der Waals surface area contributed by atoms with E-state index in [2.05, 4.69) is 54.3 Å². The van der Waals surface area contributed by atoms with E-state index in [0.29, 0.717) is 52.8 Å². The van der Waals surface area contributed by atoms with Crippen molar-refractivity contribution in [2.24, 2.45) is 17.3 Å². The molecule has 2 saturated carbocycles. The highest BCUT2D eigenvalue weighted by atomic mass is 19.1. The number of carbonyl (C=O) groups is 1. The second-order valence-corrected chi connectivity index (χ2v) is 13.4. The summed E-state index contributed by atoms with van der Waals surface area (Å²) in [7, 11) is 0. The molecule has 2 aliphatic heterocycles. The van der Waals surface area contributed by atoms with Crippen LogP contribution >= 0.6 is 0 Å². The Labute approximate surface area is 251 Å². The molecule has 10 nitrogen and oxygen atoms in total.